The second-order valence-corrected chi connectivity index (χ2v) is 4.14. The van der Waals surface area contributed by atoms with E-state index < -0.39 is 5.60 Å². The van der Waals surface area contributed by atoms with E-state index >= 15 is 0 Å². The van der Waals surface area contributed by atoms with Crippen LogP contribution in [0.15, 0.2) is 0 Å². The summed E-state index contributed by atoms with van der Waals surface area (Å²) in [6.07, 6.45) is 3.71. The van der Waals surface area contributed by atoms with Crippen LogP contribution in [0, 0.1) is 0 Å². The van der Waals surface area contributed by atoms with Gasteiger partial charge in [-0.1, -0.05) is 27.7 Å². The van der Waals surface area contributed by atoms with Gasteiger partial charge in [0.25, 0.3) is 0 Å². The van der Waals surface area contributed by atoms with Gasteiger partial charge in [-0.15, -0.1) is 0 Å². The molecule has 0 aliphatic carbocycles. The van der Waals surface area contributed by atoms with Crippen molar-refractivity contribution in [3.8, 4) is 0 Å². The fourth-order valence-electron chi connectivity index (χ4n) is 1.41. The molecule has 2 nitrogen and oxygen atoms in total. The van der Waals surface area contributed by atoms with Gasteiger partial charge in [0.05, 0.1) is 5.60 Å². The average Bonchev–Trinajstić information content (AvgIpc) is 2.12. The van der Waals surface area contributed by atoms with Crippen LogP contribution in [-0.4, -0.2) is 23.3 Å². The first kappa shape index (κ1) is 12.9. The second-order valence-electron chi connectivity index (χ2n) is 4.14. The summed E-state index contributed by atoms with van der Waals surface area (Å²) in [4.78, 5) is 0. The Morgan fingerprint density at radius 2 is 1.77 bits per heavy atom. The monoisotopic (exact) mass is 187 g/mol. The van der Waals surface area contributed by atoms with Crippen LogP contribution < -0.4 is 5.32 Å². The molecule has 0 aromatic rings. The molecule has 2 N–H and O–H groups in total. The van der Waals surface area contributed by atoms with E-state index in [1.54, 1.807) is 0 Å². The lowest BCUT2D eigenvalue weighted by molar-refractivity contribution is 0.0217. The van der Waals surface area contributed by atoms with Gasteiger partial charge in [0.1, 0.15) is 0 Å². The van der Waals surface area contributed by atoms with E-state index in [1.807, 2.05) is 0 Å². The van der Waals surface area contributed by atoms with Gasteiger partial charge in [-0.3, -0.25) is 0 Å². The van der Waals surface area contributed by atoms with E-state index in [9.17, 15) is 5.11 Å². The topological polar surface area (TPSA) is 32.3 Å². The highest BCUT2D eigenvalue weighted by Crippen LogP contribution is 2.20. The molecule has 2 heteroatoms. The molecule has 80 valence electrons. The Morgan fingerprint density at radius 1 is 1.23 bits per heavy atom. The Labute approximate surface area is 82.7 Å². The van der Waals surface area contributed by atoms with Crippen LogP contribution in [0.5, 0.6) is 0 Å². The highest BCUT2D eigenvalue weighted by atomic mass is 16.3. The standard InChI is InChI=1S/C11H25NO/c1-5-11(13,6-2)8-7-9-12-10(3)4/h10,12-13H,5-9H2,1-4H3. The van der Waals surface area contributed by atoms with Crippen LogP contribution in [0.3, 0.4) is 0 Å². The summed E-state index contributed by atoms with van der Waals surface area (Å²) >= 11 is 0. The molecule has 0 bridgehead atoms. The number of nitrogens with one attached hydrogen (secondary N) is 1. The molecule has 0 heterocycles. The van der Waals surface area contributed by atoms with Crippen molar-refractivity contribution in [2.75, 3.05) is 6.54 Å². The maximum atomic E-state index is 9.97. The molecule has 0 saturated carbocycles. The van der Waals surface area contributed by atoms with Crippen molar-refractivity contribution in [2.24, 2.45) is 0 Å². The number of aliphatic hydroxyl groups is 1. The van der Waals surface area contributed by atoms with Crippen LogP contribution in [0.1, 0.15) is 53.4 Å². The van der Waals surface area contributed by atoms with Crippen molar-refractivity contribution < 1.29 is 5.11 Å². The summed E-state index contributed by atoms with van der Waals surface area (Å²) in [5, 5.41) is 13.3. The van der Waals surface area contributed by atoms with Gasteiger partial charge in [0.15, 0.2) is 0 Å². The van der Waals surface area contributed by atoms with Crippen molar-refractivity contribution in [3.05, 3.63) is 0 Å². The minimum atomic E-state index is -0.418. The second kappa shape index (κ2) is 6.39. The zero-order valence-electron chi connectivity index (χ0n) is 9.56. The molecule has 0 spiro atoms. The maximum absolute atomic E-state index is 9.97. The third kappa shape index (κ3) is 6.05. The fourth-order valence-corrected chi connectivity index (χ4v) is 1.41. The highest BCUT2D eigenvalue weighted by Gasteiger charge is 2.20. The first-order chi connectivity index (χ1) is 6.04. The smallest absolute Gasteiger partial charge is 0.0643 e. The number of hydrogen-bond acceptors (Lipinski definition) is 2. The Balaban J connectivity index is 3.50. The lowest BCUT2D eigenvalue weighted by Gasteiger charge is -2.25. The van der Waals surface area contributed by atoms with Crippen LogP contribution in [0.25, 0.3) is 0 Å². The van der Waals surface area contributed by atoms with E-state index in [1.165, 1.54) is 0 Å². The van der Waals surface area contributed by atoms with Gasteiger partial charge < -0.3 is 10.4 Å². The molecule has 0 fully saturated rings. The van der Waals surface area contributed by atoms with E-state index in [4.69, 9.17) is 0 Å². The predicted octanol–water partition coefficient (Wildman–Crippen LogP) is 2.32. The molecule has 0 saturated heterocycles. The molecule has 0 unspecified atom stereocenters. The summed E-state index contributed by atoms with van der Waals surface area (Å²) in [5.41, 5.74) is -0.418. The first-order valence-corrected chi connectivity index (χ1v) is 5.50. The lowest BCUT2D eigenvalue weighted by Crippen LogP contribution is -2.30. The van der Waals surface area contributed by atoms with Crippen molar-refractivity contribution in [1.82, 2.24) is 5.32 Å². The van der Waals surface area contributed by atoms with E-state index in [0.717, 1.165) is 32.2 Å². The summed E-state index contributed by atoms with van der Waals surface area (Å²) < 4.78 is 0. The Hall–Kier alpha value is -0.0800. The van der Waals surface area contributed by atoms with E-state index in [0.29, 0.717) is 6.04 Å². The number of hydrogen-bond donors (Lipinski definition) is 2. The Bertz CT molecular complexity index is 119. The van der Waals surface area contributed by atoms with Crippen molar-refractivity contribution in [3.63, 3.8) is 0 Å². The van der Waals surface area contributed by atoms with Crippen molar-refractivity contribution >= 4 is 0 Å². The average molecular weight is 187 g/mol. The highest BCUT2D eigenvalue weighted by molar-refractivity contribution is 4.74. The van der Waals surface area contributed by atoms with E-state index in [2.05, 4.69) is 33.0 Å². The van der Waals surface area contributed by atoms with Gasteiger partial charge in [-0.05, 0) is 32.2 Å². The largest absolute Gasteiger partial charge is 0.390 e. The lowest BCUT2D eigenvalue weighted by atomic mass is 9.92. The molecule has 0 aromatic heterocycles. The third-order valence-electron chi connectivity index (χ3n) is 2.69. The summed E-state index contributed by atoms with van der Waals surface area (Å²) in [5.74, 6) is 0. The van der Waals surface area contributed by atoms with Crippen LogP contribution in [0.2, 0.25) is 0 Å². The molecule has 0 rings (SSSR count). The minimum Gasteiger partial charge on any atom is -0.390 e. The van der Waals surface area contributed by atoms with Gasteiger partial charge in [-0.25, -0.2) is 0 Å². The SMILES string of the molecule is CCC(O)(CC)CCCNC(C)C. The molecule has 0 aromatic carbocycles. The Morgan fingerprint density at radius 3 is 2.15 bits per heavy atom. The molecule has 0 radical (unpaired) electrons. The zero-order valence-corrected chi connectivity index (χ0v) is 9.56. The number of rotatable bonds is 7. The maximum Gasteiger partial charge on any atom is 0.0643 e. The van der Waals surface area contributed by atoms with Crippen LogP contribution >= 0.6 is 0 Å². The Kier molecular flexibility index (Phi) is 6.35. The van der Waals surface area contributed by atoms with Crippen molar-refractivity contribution in [2.45, 2.75) is 65.0 Å². The van der Waals surface area contributed by atoms with Crippen LogP contribution in [-0.2, 0) is 0 Å². The van der Waals surface area contributed by atoms with Gasteiger partial charge in [0, 0.05) is 6.04 Å². The quantitative estimate of drug-likeness (QED) is 0.599. The van der Waals surface area contributed by atoms with Gasteiger partial charge >= 0.3 is 0 Å². The fraction of sp³-hybridized carbons (Fsp3) is 1.00. The predicted molar refractivity (Wildman–Crippen MR) is 57.9 cm³/mol. The van der Waals surface area contributed by atoms with E-state index in [-0.39, 0.29) is 0 Å². The molecular weight excluding hydrogens is 162 g/mol. The van der Waals surface area contributed by atoms with Crippen LogP contribution in [0.4, 0.5) is 0 Å². The normalized spacial score (nSPS) is 12.5. The molecule has 0 atom stereocenters. The summed E-state index contributed by atoms with van der Waals surface area (Å²) in [6, 6.07) is 0.552. The molecule has 0 aliphatic heterocycles. The van der Waals surface area contributed by atoms with Gasteiger partial charge in [0.2, 0.25) is 0 Å². The minimum absolute atomic E-state index is 0.418. The summed E-state index contributed by atoms with van der Waals surface area (Å²) in [7, 11) is 0. The summed E-state index contributed by atoms with van der Waals surface area (Å²) in [6.45, 7) is 9.41. The van der Waals surface area contributed by atoms with Gasteiger partial charge in [-0.2, -0.15) is 0 Å². The molecule has 0 aliphatic rings. The molecule has 0 amide bonds. The third-order valence-corrected chi connectivity index (χ3v) is 2.69. The molecule has 13 heavy (non-hydrogen) atoms. The molecular formula is C11H25NO. The zero-order chi connectivity index (χ0) is 10.3. The first-order valence-electron chi connectivity index (χ1n) is 5.50. The van der Waals surface area contributed by atoms with Crippen molar-refractivity contribution in [1.29, 1.82) is 0 Å².